The fourth-order valence-corrected chi connectivity index (χ4v) is 1.38. The van der Waals surface area contributed by atoms with Crippen LogP contribution >= 0.6 is 11.3 Å². The smallest absolute Gasteiger partial charge is 0.183 e. The number of nitrogens with two attached hydrogens (primary N) is 1. The number of hydrogen-bond acceptors (Lipinski definition) is 5. The number of hydrogen-bond donors (Lipinski definition) is 2. The normalized spacial score (nSPS) is 9.75. The van der Waals surface area contributed by atoms with E-state index in [4.69, 9.17) is 5.73 Å². The Balaban J connectivity index is 2.36. The second-order valence-corrected chi connectivity index (χ2v) is 3.32. The van der Waals surface area contributed by atoms with Gasteiger partial charge in [-0.1, -0.05) is 11.3 Å². The minimum Gasteiger partial charge on any atom is -0.361 e. The van der Waals surface area contributed by atoms with Gasteiger partial charge >= 0.3 is 0 Å². The number of rotatable bonds is 5. The molecule has 0 amide bonds. The van der Waals surface area contributed by atoms with Crippen LogP contribution in [0.3, 0.4) is 0 Å². The van der Waals surface area contributed by atoms with E-state index in [1.165, 1.54) is 11.3 Å². The van der Waals surface area contributed by atoms with Gasteiger partial charge in [0, 0.05) is 6.54 Å². The van der Waals surface area contributed by atoms with E-state index < -0.39 is 0 Å². The molecule has 0 atom stereocenters. The number of carbonyl (C=O) groups is 1. The SMILES string of the molecule is NCCCNc1ncc(C=O)s1. The maximum Gasteiger partial charge on any atom is 0.183 e. The molecule has 0 radical (unpaired) electrons. The molecule has 3 N–H and O–H groups in total. The van der Waals surface area contributed by atoms with Crippen LogP contribution in [-0.2, 0) is 0 Å². The van der Waals surface area contributed by atoms with E-state index in [1.54, 1.807) is 6.20 Å². The third kappa shape index (κ3) is 2.60. The molecule has 0 bridgehead atoms. The molecule has 66 valence electrons. The summed E-state index contributed by atoms with van der Waals surface area (Å²) in [6.45, 7) is 1.47. The summed E-state index contributed by atoms with van der Waals surface area (Å²) < 4.78 is 0. The Labute approximate surface area is 74.8 Å². The molecule has 0 aliphatic rings. The van der Waals surface area contributed by atoms with Crippen LogP contribution in [-0.4, -0.2) is 24.4 Å². The zero-order chi connectivity index (χ0) is 8.81. The van der Waals surface area contributed by atoms with Crippen molar-refractivity contribution in [3.05, 3.63) is 11.1 Å². The Morgan fingerprint density at radius 2 is 2.58 bits per heavy atom. The molecule has 4 nitrogen and oxygen atoms in total. The fraction of sp³-hybridized carbons (Fsp3) is 0.429. The monoisotopic (exact) mass is 185 g/mol. The molecular weight excluding hydrogens is 174 g/mol. The lowest BCUT2D eigenvalue weighted by atomic mass is 10.4. The lowest BCUT2D eigenvalue weighted by Crippen LogP contribution is -2.07. The molecule has 1 aromatic heterocycles. The highest BCUT2D eigenvalue weighted by Crippen LogP contribution is 2.15. The summed E-state index contributed by atoms with van der Waals surface area (Å²) >= 11 is 1.35. The summed E-state index contributed by atoms with van der Waals surface area (Å²) in [6.07, 6.45) is 3.27. The van der Waals surface area contributed by atoms with Gasteiger partial charge < -0.3 is 11.1 Å². The van der Waals surface area contributed by atoms with Crippen molar-refractivity contribution in [3.8, 4) is 0 Å². The van der Waals surface area contributed by atoms with Crippen LogP contribution in [0, 0.1) is 0 Å². The van der Waals surface area contributed by atoms with Gasteiger partial charge in [-0.3, -0.25) is 4.79 Å². The topological polar surface area (TPSA) is 68.0 Å². The van der Waals surface area contributed by atoms with Crippen LogP contribution in [0.15, 0.2) is 6.20 Å². The minimum atomic E-state index is 0.644. The molecule has 0 aliphatic heterocycles. The van der Waals surface area contributed by atoms with Gasteiger partial charge in [-0.2, -0.15) is 0 Å². The highest BCUT2D eigenvalue weighted by molar-refractivity contribution is 7.17. The predicted molar refractivity (Wildman–Crippen MR) is 49.7 cm³/mol. The Bertz CT molecular complexity index is 249. The summed E-state index contributed by atoms with van der Waals surface area (Å²) in [4.78, 5) is 14.9. The summed E-state index contributed by atoms with van der Waals surface area (Å²) in [6, 6.07) is 0. The van der Waals surface area contributed by atoms with Gasteiger partial charge in [-0.05, 0) is 13.0 Å². The van der Waals surface area contributed by atoms with E-state index in [9.17, 15) is 4.79 Å². The van der Waals surface area contributed by atoms with E-state index in [-0.39, 0.29) is 0 Å². The first kappa shape index (κ1) is 9.15. The maximum atomic E-state index is 10.3. The van der Waals surface area contributed by atoms with Gasteiger partial charge in [0.05, 0.1) is 11.1 Å². The van der Waals surface area contributed by atoms with Crippen LogP contribution < -0.4 is 11.1 Å². The van der Waals surface area contributed by atoms with Crippen molar-refractivity contribution >= 4 is 22.8 Å². The maximum absolute atomic E-state index is 10.3. The molecule has 1 heterocycles. The van der Waals surface area contributed by atoms with Gasteiger partial charge in [0.15, 0.2) is 11.4 Å². The second-order valence-electron chi connectivity index (χ2n) is 2.25. The number of anilines is 1. The van der Waals surface area contributed by atoms with Gasteiger partial charge in [-0.15, -0.1) is 0 Å². The fourth-order valence-electron chi connectivity index (χ4n) is 0.720. The molecule has 5 heteroatoms. The largest absolute Gasteiger partial charge is 0.361 e. The van der Waals surface area contributed by atoms with Crippen molar-refractivity contribution < 1.29 is 4.79 Å². The van der Waals surface area contributed by atoms with E-state index in [0.29, 0.717) is 11.4 Å². The van der Waals surface area contributed by atoms with E-state index in [1.807, 2.05) is 0 Å². The van der Waals surface area contributed by atoms with Crippen molar-refractivity contribution in [2.45, 2.75) is 6.42 Å². The highest BCUT2D eigenvalue weighted by Gasteiger charge is 1.98. The first-order chi connectivity index (χ1) is 5.86. The van der Waals surface area contributed by atoms with Gasteiger partial charge in [0.25, 0.3) is 0 Å². The summed E-state index contributed by atoms with van der Waals surface area (Å²) in [7, 11) is 0. The number of thiazole rings is 1. The number of aromatic nitrogens is 1. The first-order valence-electron chi connectivity index (χ1n) is 3.71. The quantitative estimate of drug-likeness (QED) is 0.524. The number of carbonyl (C=O) groups excluding carboxylic acids is 1. The summed E-state index contributed by atoms with van der Waals surface area (Å²) in [5.74, 6) is 0. The van der Waals surface area contributed by atoms with Crippen molar-refractivity contribution in [1.29, 1.82) is 0 Å². The van der Waals surface area contributed by atoms with Crippen LogP contribution in [0.2, 0.25) is 0 Å². The summed E-state index contributed by atoms with van der Waals surface area (Å²) in [5, 5.41) is 3.85. The highest BCUT2D eigenvalue weighted by atomic mass is 32.1. The molecule has 1 rings (SSSR count). The average Bonchev–Trinajstić information content (AvgIpc) is 2.53. The second kappa shape index (κ2) is 4.84. The lowest BCUT2D eigenvalue weighted by Gasteiger charge is -1.98. The molecule has 0 unspecified atom stereocenters. The van der Waals surface area contributed by atoms with Crippen LogP contribution in [0.1, 0.15) is 16.1 Å². The molecule has 0 spiro atoms. The van der Waals surface area contributed by atoms with E-state index >= 15 is 0 Å². The van der Waals surface area contributed by atoms with Crippen molar-refractivity contribution in [3.63, 3.8) is 0 Å². The minimum absolute atomic E-state index is 0.644. The van der Waals surface area contributed by atoms with Crippen molar-refractivity contribution in [1.82, 2.24) is 4.98 Å². The molecule has 1 aromatic rings. The molecule has 12 heavy (non-hydrogen) atoms. The molecule has 0 saturated heterocycles. The van der Waals surface area contributed by atoms with E-state index in [0.717, 1.165) is 24.4 Å². The molecule has 0 aliphatic carbocycles. The third-order valence-corrected chi connectivity index (χ3v) is 2.18. The molecule has 0 fully saturated rings. The zero-order valence-electron chi connectivity index (χ0n) is 6.62. The molecule has 0 aromatic carbocycles. The predicted octanol–water partition coefficient (Wildman–Crippen LogP) is 0.716. The Morgan fingerprint density at radius 3 is 3.17 bits per heavy atom. The van der Waals surface area contributed by atoms with Crippen LogP contribution in [0.25, 0.3) is 0 Å². The van der Waals surface area contributed by atoms with E-state index in [2.05, 4.69) is 10.3 Å². The first-order valence-corrected chi connectivity index (χ1v) is 4.53. The Hall–Kier alpha value is -0.940. The zero-order valence-corrected chi connectivity index (χ0v) is 7.43. The lowest BCUT2D eigenvalue weighted by molar-refractivity contribution is 0.112. The average molecular weight is 185 g/mol. The number of nitrogens with zero attached hydrogens (tertiary/aromatic N) is 1. The number of nitrogens with one attached hydrogen (secondary N) is 1. The van der Waals surface area contributed by atoms with Gasteiger partial charge in [0.1, 0.15) is 0 Å². The van der Waals surface area contributed by atoms with Crippen molar-refractivity contribution in [2.75, 3.05) is 18.4 Å². The van der Waals surface area contributed by atoms with Crippen molar-refractivity contribution in [2.24, 2.45) is 5.73 Å². The Kier molecular flexibility index (Phi) is 3.69. The molecular formula is C7H11N3OS. The standard InChI is InChI=1S/C7H11N3OS/c8-2-1-3-9-7-10-4-6(5-11)12-7/h4-5H,1-3,8H2,(H,9,10). The van der Waals surface area contributed by atoms with Crippen LogP contribution in [0.4, 0.5) is 5.13 Å². The molecule has 0 saturated carbocycles. The van der Waals surface area contributed by atoms with Crippen LogP contribution in [0.5, 0.6) is 0 Å². The number of aldehydes is 1. The van der Waals surface area contributed by atoms with Gasteiger partial charge in [0.2, 0.25) is 0 Å². The summed E-state index contributed by atoms with van der Waals surface area (Å²) in [5.41, 5.74) is 5.31. The Morgan fingerprint density at radius 1 is 1.75 bits per heavy atom. The van der Waals surface area contributed by atoms with Gasteiger partial charge in [-0.25, -0.2) is 4.98 Å². The third-order valence-electron chi connectivity index (χ3n) is 1.30.